The first-order chi connectivity index (χ1) is 15.2. The summed E-state index contributed by atoms with van der Waals surface area (Å²) >= 11 is 0. The van der Waals surface area contributed by atoms with Gasteiger partial charge in [-0.2, -0.15) is 0 Å². The minimum absolute atomic E-state index is 0.117. The van der Waals surface area contributed by atoms with E-state index in [-0.39, 0.29) is 23.6 Å². The Labute approximate surface area is 186 Å². The van der Waals surface area contributed by atoms with Gasteiger partial charge >= 0.3 is 0 Å². The number of benzene rings is 2. The molecule has 1 heterocycles. The third kappa shape index (κ3) is 5.60. The number of hydrogen-bond acceptors (Lipinski definition) is 5. The van der Waals surface area contributed by atoms with Gasteiger partial charge in [-0.1, -0.05) is 36.7 Å². The number of nitrogens with zero attached hydrogens (tertiary/aromatic N) is 1. The largest absolute Gasteiger partial charge is 0.361 e. The van der Waals surface area contributed by atoms with Gasteiger partial charge < -0.3 is 20.5 Å². The molecule has 0 bridgehead atoms. The second-order valence-electron chi connectivity index (χ2n) is 7.88. The highest BCUT2D eigenvalue weighted by atomic mass is 16.5. The van der Waals surface area contributed by atoms with E-state index in [0.717, 1.165) is 5.56 Å². The van der Waals surface area contributed by atoms with E-state index in [1.807, 2.05) is 26.8 Å². The molecule has 0 spiro atoms. The molecule has 3 aromatic rings. The van der Waals surface area contributed by atoms with Crippen molar-refractivity contribution in [2.45, 2.75) is 33.7 Å². The molecule has 3 amide bonds. The predicted octanol–water partition coefficient (Wildman–Crippen LogP) is 3.94. The van der Waals surface area contributed by atoms with Crippen molar-refractivity contribution in [2.24, 2.45) is 5.92 Å². The Balaban J connectivity index is 1.63. The van der Waals surface area contributed by atoms with Crippen LogP contribution in [0.2, 0.25) is 0 Å². The SMILES string of the molecule is Cc1cccc(C(=O)N[C@@H](C(=O)Nc2ccc(NC(=O)c3cnoc3C)cc2)C(C)C)c1. The lowest BCUT2D eigenvalue weighted by molar-refractivity contribution is -0.118. The summed E-state index contributed by atoms with van der Waals surface area (Å²) in [6, 6.07) is 13.2. The summed E-state index contributed by atoms with van der Waals surface area (Å²) in [5, 5.41) is 12.0. The van der Waals surface area contributed by atoms with Crippen molar-refractivity contribution >= 4 is 29.1 Å². The van der Waals surface area contributed by atoms with E-state index in [1.54, 1.807) is 49.4 Å². The zero-order chi connectivity index (χ0) is 23.3. The first kappa shape index (κ1) is 22.7. The molecule has 0 aliphatic carbocycles. The maximum absolute atomic E-state index is 12.8. The van der Waals surface area contributed by atoms with E-state index in [2.05, 4.69) is 21.1 Å². The lowest BCUT2D eigenvalue weighted by Gasteiger charge is -2.22. The predicted molar refractivity (Wildman–Crippen MR) is 122 cm³/mol. The van der Waals surface area contributed by atoms with Crippen LogP contribution in [0.15, 0.2) is 59.3 Å². The van der Waals surface area contributed by atoms with E-state index in [0.29, 0.717) is 28.3 Å². The molecular formula is C24H26N4O4. The molecule has 0 unspecified atom stereocenters. The van der Waals surface area contributed by atoms with Gasteiger partial charge in [0.1, 0.15) is 17.4 Å². The standard InChI is InChI=1S/C24H26N4O4/c1-14(2)21(28-22(29)17-7-5-6-15(3)12-17)24(31)27-19-10-8-18(9-11-19)26-23(30)20-13-25-32-16(20)4/h5-14,21H,1-4H3,(H,26,30)(H,27,31)(H,28,29)/t21-/m1/s1. The van der Waals surface area contributed by atoms with Crippen molar-refractivity contribution in [1.29, 1.82) is 0 Å². The van der Waals surface area contributed by atoms with Crippen LogP contribution in [0.3, 0.4) is 0 Å². The summed E-state index contributed by atoms with van der Waals surface area (Å²) in [6.07, 6.45) is 1.36. The van der Waals surface area contributed by atoms with E-state index < -0.39 is 6.04 Å². The maximum Gasteiger partial charge on any atom is 0.260 e. The molecule has 0 aliphatic rings. The van der Waals surface area contributed by atoms with Gasteiger partial charge in [0.05, 0.1) is 6.20 Å². The van der Waals surface area contributed by atoms with Gasteiger partial charge in [0.25, 0.3) is 11.8 Å². The van der Waals surface area contributed by atoms with Crippen LogP contribution < -0.4 is 16.0 Å². The van der Waals surface area contributed by atoms with Crippen LogP contribution in [0.1, 0.15) is 45.9 Å². The topological polar surface area (TPSA) is 113 Å². The highest BCUT2D eigenvalue weighted by Gasteiger charge is 2.25. The number of aryl methyl sites for hydroxylation is 2. The lowest BCUT2D eigenvalue weighted by atomic mass is 10.0. The molecule has 32 heavy (non-hydrogen) atoms. The second-order valence-corrected chi connectivity index (χ2v) is 7.88. The van der Waals surface area contributed by atoms with Gasteiger partial charge in [0, 0.05) is 16.9 Å². The van der Waals surface area contributed by atoms with Crippen LogP contribution in [0, 0.1) is 19.8 Å². The van der Waals surface area contributed by atoms with E-state index in [1.165, 1.54) is 6.20 Å². The number of aromatic nitrogens is 1. The molecule has 166 valence electrons. The zero-order valence-corrected chi connectivity index (χ0v) is 18.4. The lowest BCUT2D eigenvalue weighted by Crippen LogP contribution is -2.47. The fourth-order valence-electron chi connectivity index (χ4n) is 3.12. The smallest absolute Gasteiger partial charge is 0.260 e. The summed E-state index contributed by atoms with van der Waals surface area (Å²) in [7, 11) is 0. The van der Waals surface area contributed by atoms with Gasteiger partial charge in [0.15, 0.2) is 0 Å². The second kappa shape index (κ2) is 9.91. The first-order valence-electron chi connectivity index (χ1n) is 10.3. The van der Waals surface area contributed by atoms with Gasteiger partial charge in [0.2, 0.25) is 5.91 Å². The number of carbonyl (C=O) groups is 3. The summed E-state index contributed by atoms with van der Waals surface area (Å²) in [5.74, 6) is -0.644. The third-order valence-corrected chi connectivity index (χ3v) is 4.92. The normalized spacial score (nSPS) is 11.7. The molecule has 0 radical (unpaired) electrons. The Morgan fingerprint density at radius 3 is 2.12 bits per heavy atom. The molecule has 1 atom stereocenters. The Hall–Kier alpha value is -3.94. The van der Waals surface area contributed by atoms with Crippen molar-refractivity contribution in [3.8, 4) is 0 Å². The molecule has 0 fully saturated rings. The van der Waals surface area contributed by atoms with E-state index in [9.17, 15) is 14.4 Å². The Morgan fingerprint density at radius 2 is 1.56 bits per heavy atom. The third-order valence-electron chi connectivity index (χ3n) is 4.92. The molecule has 0 saturated carbocycles. The van der Waals surface area contributed by atoms with Gasteiger partial charge in [-0.15, -0.1) is 0 Å². The number of nitrogens with one attached hydrogen (secondary N) is 3. The molecule has 1 aromatic heterocycles. The maximum atomic E-state index is 12.8. The monoisotopic (exact) mass is 434 g/mol. The highest BCUT2D eigenvalue weighted by molar-refractivity contribution is 6.05. The molecule has 0 aliphatic heterocycles. The minimum Gasteiger partial charge on any atom is -0.361 e. The van der Waals surface area contributed by atoms with E-state index >= 15 is 0 Å². The van der Waals surface area contributed by atoms with Gasteiger partial charge in [-0.25, -0.2) is 0 Å². The van der Waals surface area contributed by atoms with Gasteiger partial charge in [-0.3, -0.25) is 14.4 Å². The molecule has 3 rings (SSSR count). The average Bonchev–Trinajstić information content (AvgIpc) is 3.19. The number of rotatable bonds is 7. The van der Waals surface area contributed by atoms with Crippen molar-refractivity contribution in [1.82, 2.24) is 10.5 Å². The summed E-state index contributed by atoms with van der Waals surface area (Å²) in [6.45, 7) is 7.30. The van der Waals surface area contributed by atoms with Crippen molar-refractivity contribution in [3.63, 3.8) is 0 Å². The van der Waals surface area contributed by atoms with Crippen LogP contribution in [-0.4, -0.2) is 28.9 Å². The highest BCUT2D eigenvalue weighted by Crippen LogP contribution is 2.17. The molecule has 0 saturated heterocycles. The van der Waals surface area contributed by atoms with Crippen molar-refractivity contribution < 1.29 is 18.9 Å². The van der Waals surface area contributed by atoms with E-state index in [4.69, 9.17) is 4.52 Å². The number of amides is 3. The minimum atomic E-state index is -0.709. The molecule has 8 nitrogen and oxygen atoms in total. The van der Waals surface area contributed by atoms with Gasteiger partial charge in [-0.05, 0) is 56.2 Å². The van der Waals surface area contributed by atoms with Crippen molar-refractivity contribution in [2.75, 3.05) is 10.6 Å². The van der Waals surface area contributed by atoms with Crippen molar-refractivity contribution in [3.05, 3.63) is 77.2 Å². The number of hydrogen-bond donors (Lipinski definition) is 3. The summed E-state index contributed by atoms with van der Waals surface area (Å²) in [5.41, 5.74) is 2.93. The Morgan fingerprint density at radius 1 is 0.906 bits per heavy atom. The summed E-state index contributed by atoms with van der Waals surface area (Å²) in [4.78, 5) is 37.7. The Bertz CT molecular complexity index is 1120. The molecule has 8 heteroatoms. The molecular weight excluding hydrogens is 408 g/mol. The number of carbonyl (C=O) groups excluding carboxylic acids is 3. The fraction of sp³-hybridized carbons (Fsp3) is 0.250. The first-order valence-corrected chi connectivity index (χ1v) is 10.3. The summed E-state index contributed by atoms with van der Waals surface area (Å²) < 4.78 is 4.90. The quantitative estimate of drug-likeness (QED) is 0.521. The van der Waals surface area contributed by atoms with Crippen LogP contribution in [0.4, 0.5) is 11.4 Å². The Kier molecular flexibility index (Phi) is 7.04. The molecule has 2 aromatic carbocycles. The van der Waals surface area contributed by atoms with Crippen LogP contribution in [0.25, 0.3) is 0 Å². The number of anilines is 2. The fourth-order valence-corrected chi connectivity index (χ4v) is 3.12. The molecule has 3 N–H and O–H groups in total. The van der Waals surface area contributed by atoms with Crippen LogP contribution >= 0.6 is 0 Å². The van der Waals surface area contributed by atoms with Crippen LogP contribution in [0.5, 0.6) is 0 Å². The van der Waals surface area contributed by atoms with Crippen LogP contribution in [-0.2, 0) is 4.79 Å². The average molecular weight is 434 g/mol. The zero-order valence-electron chi connectivity index (χ0n) is 18.4.